The van der Waals surface area contributed by atoms with Gasteiger partial charge in [-0.05, 0) is 23.6 Å². The van der Waals surface area contributed by atoms with Gasteiger partial charge in [0.15, 0.2) is 0 Å². The van der Waals surface area contributed by atoms with E-state index in [0.29, 0.717) is 5.82 Å². The molecule has 3 aromatic rings. The molecule has 2 heterocycles. The van der Waals surface area contributed by atoms with Crippen molar-refractivity contribution < 1.29 is 0 Å². The number of benzene rings is 1. The van der Waals surface area contributed by atoms with Gasteiger partial charge in [0.1, 0.15) is 0 Å². The average molecular weight is 283 g/mol. The Kier molecular flexibility index (Phi) is 4.34. The van der Waals surface area contributed by atoms with Gasteiger partial charge in [-0.25, -0.2) is 9.97 Å². The van der Waals surface area contributed by atoms with Crippen molar-refractivity contribution in [2.75, 3.05) is 0 Å². The monoisotopic (exact) mass is 283 g/mol. The van der Waals surface area contributed by atoms with Gasteiger partial charge in [-0.15, -0.1) is 0 Å². The van der Waals surface area contributed by atoms with Crippen LogP contribution in [0.3, 0.4) is 0 Å². The Hall–Kier alpha value is -3.25. The molecule has 0 N–H and O–H groups in total. The fraction of sp³-hybridized carbons (Fsp3) is 0. The summed E-state index contributed by atoms with van der Waals surface area (Å²) >= 11 is 0. The highest BCUT2D eigenvalue weighted by Gasteiger charge is 1.92. The number of hydrogen-bond donors (Lipinski definition) is 0. The van der Waals surface area contributed by atoms with Gasteiger partial charge in [0.2, 0.25) is 5.82 Å². The first-order valence-electron chi connectivity index (χ1n) is 6.87. The van der Waals surface area contributed by atoms with Crippen molar-refractivity contribution in [2.24, 2.45) is 0 Å². The van der Waals surface area contributed by atoms with E-state index in [-0.39, 0.29) is 0 Å². The summed E-state index contributed by atoms with van der Waals surface area (Å²) in [6, 6.07) is 13.9. The minimum absolute atomic E-state index is 0.501. The van der Waals surface area contributed by atoms with Gasteiger partial charge < -0.3 is 0 Å². The quantitative estimate of drug-likeness (QED) is 0.676. The molecule has 22 heavy (non-hydrogen) atoms. The van der Waals surface area contributed by atoms with Crippen molar-refractivity contribution in [3.05, 3.63) is 89.8 Å². The summed E-state index contributed by atoms with van der Waals surface area (Å²) in [6.07, 6.45) is 11.0. The average Bonchev–Trinajstić information content (AvgIpc) is 2.61. The van der Waals surface area contributed by atoms with Gasteiger partial charge in [-0.2, -0.15) is 0 Å². The molecule has 0 amide bonds. The van der Waals surface area contributed by atoms with Crippen LogP contribution in [-0.4, -0.2) is 15.0 Å². The molecule has 3 nitrogen and oxygen atoms in total. The van der Waals surface area contributed by atoms with Gasteiger partial charge >= 0.3 is 0 Å². The van der Waals surface area contributed by atoms with Crippen LogP contribution in [0.25, 0.3) is 12.2 Å². The first-order valence-corrected chi connectivity index (χ1v) is 6.87. The lowest BCUT2D eigenvalue weighted by atomic mass is 10.2. The number of aromatic nitrogens is 3. The Morgan fingerprint density at radius 2 is 1.50 bits per heavy atom. The largest absolute Gasteiger partial charge is 0.263 e. The van der Waals surface area contributed by atoms with Crippen molar-refractivity contribution in [1.82, 2.24) is 15.0 Å². The summed E-state index contributed by atoms with van der Waals surface area (Å²) in [5, 5.41) is 0. The van der Waals surface area contributed by atoms with Crippen LogP contribution < -0.4 is 0 Å². The maximum Gasteiger partial charge on any atom is 0.205 e. The van der Waals surface area contributed by atoms with Gasteiger partial charge in [-0.1, -0.05) is 48.4 Å². The fourth-order valence-corrected chi connectivity index (χ4v) is 1.81. The lowest BCUT2D eigenvalue weighted by Crippen LogP contribution is -1.88. The SMILES string of the molecule is C(#Cc1ncc(/C=C/c2ccccc2)cn1)c1cccnc1. The molecule has 0 aliphatic carbocycles. The summed E-state index contributed by atoms with van der Waals surface area (Å²) in [6.45, 7) is 0. The molecule has 0 saturated heterocycles. The van der Waals surface area contributed by atoms with E-state index in [2.05, 4.69) is 26.8 Å². The molecule has 0 aliphatic rings. The molecule has 1 aromatic carbocycles. The topological polar surface area (TPSA) is 38.7 Å². The second-order valence-electron chi connectivity index (χ2n) is 4.58. The maximum atomic E-state index is 4.25. The molecule has 3 heteroatoms. The van der Waals surface area contributed by atoms with Crippen LogP contribution in [0.2, 0.25) is 0 Å². The summed E-state index contributed by atoms with van der Waals surface area (Å²) in [5.41, 5.74) is 2.93. The Bertz CT molecular complexity index is 811. The van der Waals surface area contributed by atoms with Gasteiger partial charge in [-0.3, -0.25) is 4.98 Å². The van der Waals surface area contributed by atoms with Gasteiger partial charge in [0, 0.05) is 35.9 Å². The lowest BCUT2D eigenvalue weighted by molar-refractivity contribution is 1.12. The molecule has 0 radical (unpaired) electrons. The lowest BCUT2D eigenvalue weighted by Gasteiger charge is -1.94. The van der Waals surface area contributed by atoms with Crippen LogP contribution in [0.5, 0.6) is 0 Å². The molecule has 104 valence electrons. The molecule has 0 unspecified atom stereocenters. The Morgan fingerprint density at radius 1 is 0.727 bits per heavy atom. The molecular weight excluding hydrogens is 270 g/mol. The van der Waals surface area contributed by atoms with Crippen molar-refractivity contribution in [2.45, 2.75) is 0 Å². The Morgan fingerprint density at radius 3 is 2.23 bits per heavy atom. The van der Waals surface area contributed by atoms with E-state index in [1.54, 1.807) is 24.8 Å². The zero-order chi connectivity index (χ0) is 15.0. The summed E-state index contributed by atoms with van der Waals surface area (Å²) in [5.74, 6) is 6.41. The first-order chi connectivity index (χ1) is 10.9. The summed E-state index contributed by atoms with van der Waals surface area (Å²) < 4.78 is 0. The number of nitrogens with zero attached hydrogens (tertiary/aromatic N) is 3. The molecule has 0 aliphatic heterocycles. The van der Waals surface area contributed by atoms with E-state index in [4.69, 9.17) is 0 Å². The molecule has 0 fully saturated rings. The second kappa shape index (κ2) is 6.96. The highest BCUT2D eigenvalue weighted by Crippen LogP contribution is 2.06. The molecular formula is C19H13N3. The van der Waals surface area contributed by atoms with Crippen molar-refractivity contribution in [3.63, 3.8) is 0 Å². The molecule has 0 spiro atoms. The van der Waals surface area contributed by atoms with Crippen LogP contribution in [-0.2, 0) is 0 Å². The fourth-order valence-electron chi connectivity index (χ4n) is 1.81. The molecule has 2 aromatic heterocycles. The van der Waals surface area contributed by atoms with E-state index >= 15 is 0 Å². The van der Waals surface area contributed by atoms with E-state index in [1.165, 1.54) is 0 Å². The van der Waals surface area contributed by atoms with E-state index in [0.717, 1.165) is 16.7 Å². The van der Waals surface area contributed by atoms with Crippen molar-refractivity contribution >= 4 is 12.2 Å². The highest BCUT2D eigenvalue weighted by atomic mass is 14.8. The Labute approximate surface area is 129 Å². The van der Waals surface area contributed by atoms with E-state index in [9.17, 15) is 0 Å². The molecule has 0 saturated carbocycles. The van der Waals surface area contributed by atoms with Crippen molar-refractivity contribution in [3.8, 4) is 11.8 Å². The van der Waals surface area contributed by atoms with E-state index < -0.39 is 0 Å². The summed E-state index contributed by atoms with van der Waals surface area (Å²) in [4.78, 5) is 12.5. The minimum atomic E-state index is 0.501. The van der Waals surface area contributed by atoms with Gasteiger partial charge in [0.25, 0.3) is 0 Å². The van der Waals surface area contributed by atoms with Crippen LogP contribution in [0, 0.1) is 11.8 Å². The van der Waals surface area contributed by atoms with Crippen LogP contribution in [0.1, 0.15) is 22.5 Å². The number of hydrogen-bond acceptors (Lipinski definition) is 3. The highest BCUT2D eigenvalue weighted by molar-refractivity contribution is 5.68. The normalized spacial score (nSPS) is 10.2. The predicted molar refractivity (Wildman–Crippen MR) is 87.6 cm³/mol. The second-order valence-corrected chi connectivity index (χ2v) is 4.58. The first kappa shape index (κ1) is 13.7. The predicted octanol–water partition coefficient (Wildman–Crippen LogP) is 3.44. The van der Waals surface area contributed by atoms with Crippen molar-refractivity contribution in [1.29, 1.82) is 0 Å². The third-order valence-corrected chi connectivity index (χ3v) is 2.92. The van der Waals surface area contributed by atoms with Crippen LogP contribution >= 0.6 is 0 Å². The van der Waals surface area contributed by atoms with Crippen LogP contribution in [0.15, 0.2) is 67.3 Å². The van der Waals surface area contributed by atoms with E-state index in [1.807, 2.05) is 54.6 Å². The molecule has 0 bridgehead atoms. The third kappa shape index (κ3) is 3.87. The van der Waals surface area contributed by atoms with Crippen LogP contribution in [0.4, 0.5) is 0 Å². The smallest absolute Gasteiger partial charge is 0.205 e. The standard InChI is InChI=1S/C19H13N3/c1-2-5-16(6-3-1)8-9-18-14-21-19(22-15-18)11-10-17-7-4-12-20-13-17/h1-9,12-15H/b9-8+. The molecule has 3 rings (SSSR count). The zero-order valence-corrected chi connectivity index (χ0v) is 11.8. The maximum absolute atomic E-state index is 4.25. The number of pyridine rings is 1. The third-order valence-electron chi connectivity index (χ3n) is 2.92. The number of rotatable bonds is 2. The Balaban J connectivity index is 1.71. The molecule has 0 atom stereocenters. The minimum Gasteiger partial charge on any atom is -0.263 e. The zero-order valence-electron chi connectivity index (χ0n) is 11.8. The summed E-state index contributed by atoms with van der Waals surface area (Å²) in [7, 11) is 0. The van der Waals surface area contributed by atoms with Gasteiger partial charge in [0.05, 0.1) is 0 Å².